The average molecular weight is 196 g/mol. The highest BCUT2D eigenvalue weighted by molar-refractivity contribution is 4.94. The third kappa shape index (κ3) is 2.48. The Labute approximate surface area is 87.8 Å². The normalized spacial score (nSPS) is 41.6. The van der Waals surface area contributed by atoms with Crippen LogP contribution in [-0.2, 0) is 0 Å². The second kappa shape index (κ2) is 4.63. The van der Waals surface area contributed by atoms with E-state index in [4.69, 9.17) is 0 Å². The molecule has 4 atom stereocenters. The van der Waals surface area contributed by atoms with Crippen LogP contribution in [0, 0.1) is 11.8 Å². The van der Waals surface area contributed by atoms with Crippen LogP contribution in [0.25, 0.3) is 0 Å². The molecule has 1 saturated heterocycles. The second-order valence-electron chi connectivity index (χ2n) is 5.09. The number of hydrogen-bond acceptors (Lipinski definition) is 2. The third-order valence-corrected chi connectivity index (χ3v) is 3.91. The van der Waals surface area contributed by atoms with E-state index in [0.29, 0.717) is 0 Å². The van der Waals surface area contributed by atoms with Gasteiger partial charge < -0.3 is 10.6 Å². The van der Waals surface area contributed by atoms with Crippen LogP contribution in [0.3, 0.4) is 0 Å². The Hall–Kier alpha value is -0.0800. The van der Waals surface area contributed by atoms with Gasteiger partial charge in [-0.15, -0.1) is 0 Å². The molecule has 82 valence electrons. The Morgan fingerprint density at radius 1 is 1.36 bits per heavy atom. The Kier molecular flexibility index (Phi) is 3.45. The summed E-state index contributed by atoms with van der Waals surface area (Å²) in [6.45, 7) is 7.06. The van der Waals surface area contributed by atoms with Crippen molar-refractivity contribution in [1.29, 1.82) is 0 Å². The van der Waals surface area contributed by atoms with Crippen molar-refractivity contribution in [3.8, 4) is 0 Å². The lowest BCUT2D eigenvalue weighted by Crippen LogP contribution is -2.32. The molecule has 2 fully saturated rings. The molecule has 1 saturated carbocycles. The standard InChI is InChI=1S/C12H24N2/c1-3-4-10-7-12(10)14-8-11-5-6-13-9(11)2/h9-14H,3-8H2,1-2H3. The summed E-state index contributed by atoms with van der Waals surface area (Å²) in [5.74, 6) is 1.88. The topological polar surface area (TPSA) is 24.1 Å². The van der Waals surface area contributed by atoms with Gasteiger partial charge in [0.05, 0.1) is 0 Å². The molecular formula is C12H24N2. The summed E-state index contributed by atoms with van der Waals surface area (Å²) in [4.78, 5) is 0. The molecule has 2 N–H and O–H groups in total. The van der Waals surface area contributed by atoms with E-state index in [-0.39, 0.29) is 0 Å². The first-order valence-electron chi connectivity index (χ1n) is 6.28. The Balaban J connectivity index is 1.59. The van der Waals surface area contributed by atoms with E-state index >= 15 is 0 Å². The Morgan fingerprint density at radius 2 is 2.21 bits per heavy atom. The van der Waals surface area contributed by atoms with Crippen LogP contribution in [0.5, 0.6) is 0 Å². The number of hydrogen-bond donors (Lipinski definition) is 2. The first-order valence-corrected chi connectivity index (χ1v) is 6.28. The molecule has 0 amide bonds. The molecule has 2 nitrogen and oxygen atoms in total. The minimum Gasteiger partial charge on any atom is -0.314 e. The minimum atomic E-state index is 0.728. The van der Waals surface area contributed by atoms with Gasteiger partial charge in [-0.05, 0) is 51.1 Å². The zero-order valence-electron chi connectivity index (χ0n) is 9.55. The van der Waals surface area contributed by atoms with Crippen molar-refractivity contribution >= 4 is 0 Å². The van der Waals surface area contributed by atoms with Gasteiger partial charge in [-0.3, -0.25) is 0 Å². The van der Waals surface area contributed by atoms with Crippen molar-refractivity contribution in [3.05, 3.63) is 0 Å². The molecule has 1 aliphatic carbocycles. The Bertz CT molecular complexity index is 181. The van der Waals surface area contributed by atoms with Crippen LogP contribution in [0.1, 0.15) is 39.5 Å². The largest absolute Gasteiger partial charge is 0.314 e. The van der Waals surface area contributed by atoms with Crippen LogP contribution < -0.4 is 10.6 Å². The predicted octanol–water partition coefficient (Wildman–Crippen LogP) is 1.76. The fourth-order valence-corrected chi connectivity index (χ4v) is 2.68. The number of nitrogens with one attached hydrogen (secondary N) is 2. The molecule has 0 aromatic carbocycles. The smallest absolute Gasteiger partial charge is 0.00992 e. The van der Waals surface area contributed by atoms with Crippen LogP contribution >= 0.6 is 0 Å². The van der Waals surface area contributed by atoms with E-state index in [1.54, 1.807) is 0 Å². The molecule has 0 spiro atoms. The molecule has 1 heterocycles. The lowest BCUT2D eigenvalue weighted by molar-refractivity contribution is 0.431. The fraction of sp³-hybridized carbons (Fsp3) is 1.00. The second-order valence-corrected chi connectivity index (χ2v) is 5.09. The van der Waals surface area contributed by atoms with E-state index in [2.05, 4.69) is 24.5 Å². The van der Waals surface area contributed by atoms with Gasteiger partial charge in [0, 0.05) is 12.1 Å². The van der Waals surface area contributed by atoms with E-state index in [9.17, 15) is 0 Å². The quantitative estimate of drug-likeness (QED) is 0.700. The van der Waals surface area contributed by atoms with Crippen LogP contribution in [-0.4, -0.2) is 25.2 Å². The summed E-state index contributed by atoms with van der Waals surface area (Å²) < 4.78 is 0. The van der Waals surface area contributed by atoms with Gasteiger partial charge in [-0.25, -0.2) is 0 Å². The summed E-state index contributed by atoms with van der Waals surface area (Å²) in [6, 6.07) is 1.59. The highest BCUT2D eigenvalue weighted by atomic mass is 15.0. The molecule has 4 unspecified atom stereocenters. The van der Waals surface area contributed by atoms with Crippen molar-refractivity contribution in [1.82, 2.24) is 10.6 Å². The summed E-state index contributed by atoms with van der Waals surface area (Å²) in [7, 11) is 0. The summed E-state index contributed by atoms with van der Waals surface area (Å²) >= 11 is 0. The highest BCUT2D eigenvalue weighted by Crippen LogP contribution is 2.34. The molecule has 2 heteroatoms. The number of rotatable bonds is 5. The molecule has 1 aliphatic heterocycles. The molecule has 0 radical (unpaired) electrons. The van der Waals surface area contributed by atoms with Gasteiger partial charge in [0.2, 0.25) is 0 Å². The first-order chi connectivity index (χ1) is 6.81. The zero-order chi connectivity index (χ0) is 9.97. The lowest BCUT2D eigenvalue weighted by atomic mass is 10.0. The van der Waals surface area contributed by atoms with E-state index in [0.717, 1.165) is 23.9 Å². The van der Waals surface area contributed by atoms with Crippen molar-refractivity contribution in [2.45, 2.75) is 51.6 Å². The van der Waals surface area contributed by atoms with Gasteiger partial charge in [-0.1, -0.05) is 13.3 Å². The van der Waals surface area contributed by atoms with Crippen LogP contribution in [0.4, 0.5) is 0 Å². The SMILES string of the molecule is CCCC1CC1NCC1CCNC1C. The van der Waals surface area contributed by atoms with Gasteiger partial charge >= 0.3 is 0 Å². The van der Waals surface area contributed by atoms with Crippen molar-refractivity contribution in [2.75, 3.05) is 13.1 Å². The predicted molar refractivity (Wildman–Crippen MR) is 60.4 cm³/mol. The van der Waals surface area contributed by atoms with Crippen molar-refractivity contribution in [2.24, 2.45) is 11.8 Å². The minimum absolute atomic E-state index is 0.728. The lowest BCUT2D eigenvalue weighted by Gasteiger charge is -2.15. The molecule has 0 bridgehead atoms. The summed E-state index contributed by atoms with van der Waals surface area (Å²) in [5, 5.41) is 7.23. The maximum Gasteiger partial charge on any atom is 0.00992 e. The van der Waals surface area contributed by atoms with E-state index in [1.807, 2.05) is 0 Å². The molecular weight excluding hydrogens is 172 g/mol. The molecule has 14 heavy (non-hydrogen) atoms. The zero-order valence-corrected chi connectivity index (χ0v) is 9.55. The monoisotopic (exact) mass is 196 g/mol. The Morgan fingerprint density at radius 3 is 2.86 bits per heavy atom. The summed E-state index contributed by atoms with van der Waals surface area (Å²) in [6.07, 6.45) is 5.57. The fourth-order valence-electron chi connectivity index (χ4n) is 2.68. The maximum absolute atomic E-state index is 3.72. The molecule has 0 aromatic rings. The van der Waals surface area contributed by atoms with Crippen molar-refractivity contribution in [3.63, 3.8) is 0 Å². The molecule has 2 rings (SSSR count). The van der Waals surface area contributed by atoms with Gasteiger partial charge in [0.25, 0.3) is 0 Å². The molecule has 2 aliphatic rings. The third-order valence-electron chi connectivity index (χ3n) is 3.91. The van der Waals surface area contributed by atoms with Gasteiger partial charge in [0.1, 0.15) is 0 Å². The van der Waals surface area contributed by atoms with Gasteiger partial charge in [0.15, 0.2) is 0 Å². The van der Waals surface area contributed by atoms with Gasteiger partial charge in [-0.2, -0.15) is 0 Å². The van der Waals surface area contributed by atoms with E-state index in [1.165, 1.54) is 38.8 Å². The van der Waals surface area contributed by atoms with Crippen LogP contribution in [0.15, 0.2) is 0 Å². The summed E-state index contributed by atoms with van der Waals surface area (Å²) in [5.41, 5.74) is 0. The van der Waals surface area contributed by atoms with Crippen molar-refractivity contribution < 1.29 is 0 Å². The maximum atomic E-state index is 3.72. The molecule has 0 aromatic heterocycles. The first kappa shape index (κ1) is 10.4. The highest BCUT2D eigenvalue weighted by Gasteiger charge is 2.36. The average Bonchev–Trinajstić information content (AvgIpc) is 2.78. The van der Waals surface area contributed by atoms with Crippen LogP contribution in [0.2, 0.25) is 0 Å². The van der Waals surface area contributed by atoms with E-state index < -0.39 is 0 Å².